The van der Waals surface area contributed by atoms with E-state index in [1.807, 2.05) is 24.2 Å². The predicted molar refractivity (Wildman–Crippen MR) is 115 cm³/mol. The quantitative estimate of drug-likeness (QED) is 0.443. The summed E-state index contributed by atoms with van der Waals surface area (Å²) >= 11 is 0. The Balaban J connectivity index is 1.57. The van der Waals surface area contributed by atoms with Crippen LogP contribution in [0.4, 0.5) is 15.9 Å². The van der Waals surface area contributed by atoms with Crippen molar-refractivity contribution in [3.8, 4) is 11.8 Å². The van der Waals surface area contributed by atoms with Crippen LogP contribution in [0.3, 0.4) is 0 Å². The van der Waals surface area contributed by atoms with E-state index in [1.54, 1.807) is 10.6 Å². The summed E-state index contributed by atoms with van der Waals surface area (Å²) in [6, 6.07) is 0. The van der Waals surface area contributed by atoms with Crippen LogP contribution in [0.2, 0.25) is 0 Å². The van der Waals surface area contributed by atoms with E-state index >= 15 is 4.39 Å². The van der Waals surface area contributed by atoms with Crippen molar-refractivity contribution in [3.63, 3.8) is 0 Å². The molecule has 4 aromatic rings. The van der Waals surface area contributed by atoms with Crippen molar-refractivity contribution in [2.24, 2.45) is 5.41 Å². The minimum Gasteiger partial charge on any atom is -0.324 e. The van der Waals surface area contributed by atoms with E-state index in [0.29, 0.717) is 34.9 Å². The molecule has 1 aliphatic heterocycles. The third kappa shape index (κ3) is 2.84. The first-order valence-electron chi connectivity index (χ1n) is 10.5. The van der Waals surface area contributed by atoms with Gasteiger partial charge in [-0.1, -0.05) is 11.8 Å². The first-order valence-corrected chi connectivity index (χ1v) is 10.5. The van der Waals surface area contributed by atoms with Gasteiger partial charge in [0.1, 0.15) is 11.6 Å². The van der Waals surface area contributed by atoms with Crippen LogP contribution in [0.1, 0.15) is 43.1 Å². The minimum atomic E-state index is -0.423. The Morgan fingerprint density at radius 2 is 1.94 bits per heavy atom. The highest BCUT2D eigenvalue weighted by Gasteiger charge is 2.35. The number of anilines is 2. The van der Waals surface area contributed by atoms with Gasteiger partial charge < -0.3 is 4.90 Å². The maximum atomic E-state index is 15.1. The molecule has 0 unspecified atom stereocenters. The lowest BCUT2D eigenvalue weighted by Crippen LogP contribution is -2.27. The van der Waals surface area contributed by atoms with Crippen LogP contribution in [0.5, 0.6) is 0 Å². The Hall–Kier alpha value is -3.60. The number of pyridine rings is 2. The summed E-state index contributed by atoms with van der Waals surface area (Å²) in [5.41, 5.74) is 3.74. The Bertz CT molecular complexity index is 1420. The van der Waals surface area contributed by atoms with Crippen molar-refractivity contribution in [2.75, 3.05) is 11.4 Å². The van der Waals surface area contributed by atoms with Crippen molar-refractivity contribution in [1.29, 1.82) is 0 Å². The summed E-state index contributed by atoms with van der Waals surface area (Å²) in [5.74, 6) is 7.91. The number of nitrogens with zero attached hydrogens (tertiary/aromatic N) is 7. The molecule has 2 aliphatic rings. The summed E-state index contributed by atoms with van der Waals surface area (Å²) in [6.45, 7) is 4.71. The van der Waals surface area contributed by atoms with E-state index in [2.05, 4.69) is 38.9 Å². The molecule has 0 N–H and O–H groups in total. The van der Waals surface area contributed by atoms with Gasteiger partial charge >= 0.3 is 0 Å². The fourth-order valence-electron chi connectivity index (χ4n) is 4.23. The second-order valence-corrected chi connectivity index (χ2v) is 8.58. The fourth-order valence-corrected chi connectivity index (χ4v) is 4.23. The van der Waals surface area contributed by atoms with E-state index in [0.717, 1.165) is 42.5 Å². The second kappa shape index (κ2) is 6.45. The summed E-state index contributed by atoms with van der Waals surface area (Å²) in [6.07, 6.45) is 10.6. The molecule has 0 atom stereocenters. The standard InChI is InChI=1S/C23H20FN7/c1-14-28-29-22-27-21(20-17(24)11-26-13-19(20)31(14)22)30-9-3-4-16-15(10-25-12-18(16)30)5-6-23(2)7-8-23/h10-13H,3-4,7-9H2,1-2H3. The average molecular weight is 413 g/mol. The molecule has 8 heteroatoms. The Morgan fingerprint density at radius 3 is 2.77 bits per heavy atom. The van der Waals surface area contributed by atoms with Crippen molar-refractivity contribution in [1.82, 2.24) is 29.5 Å². The monoisotopic (exact) mass is 413 g/mol. The summed E-state index contributed by atoms with van der Waals surface area (Å²) in [4.78, 5) is 15.3. The highest BCUT2D eigenvalue weighted by molar-refractivity contribution is 5.94. The fraction of sp³-hybridized carbons (Fsp3) is 0.348. The topological polar surface area (TPSA) is 72.1 Å². The van der Waals surface area contributed by atoms with E-state index < -0.39 is 5.82 Å². The molecule has 0 saturated heterocycles. The molecule has 0 amide bonds. The number of aryl methyl sites for hydroxylation is 1. The predicted octanol–water partition coefficient (Wildman–Crippen LogP) is 3.75. The molecule has 0 aromatic carbocycles. The third-order valence-electron chi connectivity index (χ3n) is 6.25. The van der Waals surface area contributed by atoms with Gasteiger partial charge in [-0.2, -0.15) is 4.98 Å². The smallest absolute Gasteiger partial charge is 0.257 e. The highest BCUT2D eigenvalue weighted by atomic mass is 19.1. The van der Waals surface area contributed by atoms with Gasteiger partial charge in [-0.15, -0.1) is 10.2 Å². The molecule has 6 rings (SSSR count). The molecule has 154 valence electrons. The number of halogens is 1. The summed E-state index contributed by atoms with van der Waals surface area (Å²) in [5, 5.41) is 8.70. The van der Waals surface area contributed by atoms with Gasteiger partial charge in [0.05, 0.1) is 35.2 Å². The number of hydrogen-bond acceptors (Lipinski definition) is 6. The van der Waals surface area contributed by atoms with Gasteiger partial charge in [-0.05, 0) is 45.1 Å². The SMILES string of the molecule is Cc1nnc2nc(N3CCCc4c(C#CC5(C)CC5)cncc43)c3c(F)cncc3n12. The Morgan fingerprint density at radius 1 is 1.10 bits per heavy atom. The lowest BCUT2D eigenvalue weighted by Gasteiger charge is -2.31. The average Bonchev–Trinajstić information content (AvgIpc) is 3.40. The first-order chi connectivity index (χ1) is 15.0. The van der Waals surface area contributed by atoms with Crippen LogP contribution >= 0.6 is 0 Å². The lowest BCUT2D eigenvalue weighted by molar-refractivity contribution is 0.632. The Kier molecular flexibility index (Phi) is 3.78. The molecular formula is C23H20FN7. The number of rotatable bonds is 1. The molecule has 1 fully saturated rings. The van der Waals surface area contributed by atoms with E-state index in [-0.39, 0.29) is 5.41 Å². The summed E-state index contributed by atoms with van der Waals surface area (Å²) < 4.78 is 16.8. The molecule has 1 aliphatic carbocycles. The van der Waals surface area contributed by atoms with Crippen molar-refractivity contribution < 1.29 is 4.39 Å². The van der Waals surface area contributed by atoms with Gasteiger partial charge in [-0.25, -0.2) is 4.39 Å². The number of aromatic nitrogens is 6. The third-order valence-corrected chi connectivity index (χ3v) is 6.25. The largest absolute Gasteiger partial charge is 0.324 e. The van der Waals surface area contributed by atoms with Gasteiger partial charge in [0.15, 0.2) is 5.82 Å². The van der Waals surface area contributed by atoms with Crippen molar-refractivity contribution in [2.45, 2.75) is 39.5 Å². The highest BCUT2D eigenvalue weighted by Crippen LogP contribution is 2.44. The minimum absolute atomic E-state index is 0.140. The molecule has 0 bridgehead atoms. The normalized spacial score (nSPS) is 16.8. The molecule has 5 heterocycles. The van der Waals surface area contributed by atoms with Crippen molar-refractivity contribution >= 4 is 28.2 Å². The van der Waals surface area contributed by atoms with Crippen molar-refractivity contribution in [3.05, 3.63) is 47.6 Å². The van der Waals surface area contributed by atoms with Crippen LogP contribution in [0.15, 0.2) is 24.8 Å². The van der Waals surface area contributed by atoms with Gasteiger partial charge in [0.2, 0.25) is 0 Å². The molecule has 7 nitrogen and oxygen atoms in total. The second-order valence-electron chi connectivity index (χ2n) is 8.58. The molecule has 31 heavy (non-hydrogen) atoms. The maximum absolute atomic E-state index is 15.1. The Labute approximate surface area is 178 Å². The molecular weight excluding hydrogens is 393 g/mol. The zero-order valence-corrected chi connectivity index (χ0v) is 17.4. The van der Waals surface area contributed by atoms with Crippen LogP contribution < -0.4 is 4.90 Å². The first kappa shape index (κ1) is 18.2. The lowest BCUT2D eigenvalue weighted by atomic mass is 9.98. The number of hydrogen-bond donors (Lipinski definition) is 0. The van der Waals surface area contributed by atoms with Gasteiger partial charge in [0.25, 0.3) is 5.78 Å². The van der Waals surface area contributed by atoms with Crippen LogP contribution in [-0.2, 0) is 6.42 Å². The number of fused-ring (bicyclic) bond motifs is 4. The van der Waals surface area contributed by atoms with E-state index in [1.165, 1.54) is 6.20 Å². The molecule has 4 aromatic heterocycles. The van der Waals surface area contributed by atoms with E-state index in [9.17, 15) is 0 Å². The van der Waals surface area contributed by atoms with E-state index in [4.69, 9.17) is 4.98 Å². The van der Waals surface area contributed by atoms with Gasteiger partial charge in [-0.3, -0.25) is 14.4 Å². The zero-order valence-electron chi connectivity index (χ0n) is 17.4. The van der Waals surface area contributed by atoms with Crippen LogP contribution in [-0.4, -0.2) is 36.1 Å². The molecule has 0 spiro atoms. The molecule has 1 saturated carbocycles. The van der Waals surface area contributed by atoms with Crippen LogP contribution in [0.25, 0.3) is 16.7 Å². The van der Waals surface area contributed by atoms with Gasteiger partial charge in [0, 0.05) is 23.7 Å². The zero-order chi connectivity index (χ0) is 21.2. The maximum Gasteiger partial charge on any atom is 0.257 e. The van der Waals surface area contributed by atoms with Crippen LogP contribution in [0, 0.1) is 30.0 Å². The molecule has 0 radical (unpaired) electrons. The summed E-state index contributed by atoms with van der Waals surface area (Å²) in [7, 11) is 0.